The minimum Gasteiger partial charge on any atom is -0.506 e. The van der Waals surface area contributed by atoms with E-state index in [0.717, 1.165) is 6.26 Å². The lowest BCUT2D eigenvalue weighted by Crippen LogP contribution is -2.25. The fraction of sp³-hybridized carbons (Fsp3) is 0. The first kappa shape index (κ1) is 15.4. The van der Waals surface area contributed by atoms with E-state index in [1.165, 1.54) is 18.2 Å². The Hall–Kier alpha value is -2.53. The number of carbonyl (C=O) groups excluding carboxylic acids is 3. The second kappa shape index (κ2) is 5.28. The molecule has 108 valence electrons. The summed E-state index contributed by atoms with van der Waals surface area (Å²) in [6, 6.07) is 3.80. The Morgan fingerprint density at radius 2 is 1.83 bits per heavy atom. The number of carbonyl (C=O) groups is 3. The standard InChI is InChI=1S/C15H5B2ClO5/c16-10-11(17)15-9(13(21)14(10)22)6(4-23-15)12(20)5-1-2-8(19)7(18)3-5/h1-4,19H. The summed E-state index contributed by atoms with van der Waals surface area (Å²) in [7, 11) is 11.1. The lowest BCUT2D eigenvalue weighted by molar-refractivity contribution is -0.111. The molecule has 3 rings (SSSR count). The summed E-state index contributed by atoms with van der Waals surface area (Å²) in [6.07, 6.45) is 1.03. The molecular weight excluding hydrogens is 317 g/mol. The average Bonchev–Trinajstić information content (AvgIpc) is 2.97. The molecule has 2 aromatic rings. The van der Waals surface area contributed by atoms with Gasteiger partial charge in [0.15, 0.2) is 5.78 Å². The van der Waals surface area contributed by atoms with Crippen molar-refractivity contribution in [1.82, 2.24) is 0 Å². The van der Waals surface area contributed by atoms with Crippen molar-refractivity contribution in [2.24, 2.45) is 0 Å². The Labute approximate surface area is 137 Å². The second-order valence-corrected chi connectivity index (χ2v) is 5.24. The van der Waals surface area contributed by atoms with Crippen LogP contribution in [0.1, 0.15) is 32.0 Å². The van der Waals surface area contributed by atoms with E-state index in [1.54, 1.807) is 0 Å². The minimum atomic E-state index is -0.991. The predicted octanol–water partition coefficient (Wildman–Crippen LogP) is 1.64. The van der Waals surface area contributed by atoms with E-state index in [-0.39, 0.29) is 38.7 Å². The van der Waals surface area contributed by atoms with Crippen LogP contribution in [-0.2, 0) is 4.79 Å². The van der Waals surface area contributed by atoms with Gasteiger partial charge in [0.25, 0.3) is 0 Å². The highest BCUT2D eigenvalue weighted by Crippen LogP contribution is 2.32. The zero-order chi connectivity index (χ0) is 16.9. The van der Waals surface area contributed by atoms with Crippen molar-refractivity contribution in [1.29, 1.82) is 0 Å². The highest BCUT2D eigenvalue weighted by atomic mass is 35.5. The molecule has 0 spiro atoms. The van der Waals surface area contributed by atoms with Gasteiger partial charge in [-0.2, -0.15) is 0 Å². The Morgan fingerprint density at radius 3 is 2.48 bits per heavy atom. The largest absolute Gasteiger partial charge is 0.506 e. The molecule has 0 unspecified atom stereocenters. The van der Waals surface area contributed by atoms with E-state index in [4.69, 9.17) is 31.7 Å². The van der Waals surface area contributed by atoms with Crippen LogP contribution in [0.2, 0.25) is 5.02 Å². The summed E-state index contributed by atoms with van der Waals surface area (Å²) in [4.78, 5) is 36.4. The molecule has 0 aliphatic heterocycles. The molecule has 0 bridgehead atoms. The smallest absolute Gasteiger partial charge is 0.236 e. The van der Waals surface area contributed by atoms with Crippen LogP contribution in [-0.4, -0.2) is 38.1 Å². The number of furan rings is 1. The first-order chi connectivity index (χ1) is 10.8. The first-order valence-corrected chi connectivity index (χ1v) is 6.70. The number of hydrogen-bond acceptors (Lipinski definition) is 5. The molecule has 0 fully saturated rings. The van der Waals surface area contributed by atoms with E-state index in [9.17, 15) is 19.5 Å². The highest BCUT2D eigenvalue weighted by Gasteiger charge is 2.35. The molecule has 1 heterocycles. The van der Waals surface area contributed by atoms with Crippen molar-refractivity contribution < 1.29 is 23.9 Å². The van der Waals surface area contributed by atoms with E-state index >= 15 is 0 Å². The van der Waals surface area contributed by atoms with Gasteiger partial charge >= 0.3 is 0 Å². The molecule has 0 saturated heterocycles. The van der Waals surface area contributed by atoms with Crippen LogP contribution >= 0.6 is 11.6 Å². The van der Waals surface area contributed by atoms with E-state index in [2.05, 4.69) is 0 Å². The van der Waals surface area contributed by atoms with Crippen molar-refractivity contribution in [3.05, 3.63) is 57.4 Å². The summed E-state index contributed by atoms with van der Waals surface area (Å²) < 4.78 is 5.15. The van der Waals surface area contributed by atoms with Gasteiger partial charge in [0.05, 0.1) is 16.1 Å². The third kappa shape index (κ3) is 2.24. The Bertz CT molecular complexity index is 926. The number of halogens is 1. The van der Waals surface area contributed by atoms with Crippen LogP contribution in [0, 0.1) is 0 Å². The maximum atomic E-state index is 12.5. The number of phenols is 1. The van der Waals surface area contributed by atoms with Crippen LogP contribution in [0.3, 0.4) is 0 Å². The fourth-order valence-electron chi connectivity index (χ4n) is 2.23. The molecule has 5 nitrogen and oxygen atoms in total. The van der Waals surface area contributed by atoms with Crippen LogP contribution in [0.4, 0.5) is 0 Å². The second-order valence-electron chi connectivity index (χ2n) is 4.83. The van der Waals surface area contributed by atoms with Gasteiger partial charge in [-0.15, -0.1) is 0 Å². The minimum absolute atomic E-state index is 0.0285. The number of fused-ring (bicyclic) bond motifs is 1. The van der Waals surface area contributed by atoms with Crippen molar-refractivity contribution in [2.75, 3.05) is 0 Å². The maximum Gasteiger partial charge on any atom is 0.236 e. The molecule has 1 aliphatic carbocycles. The lowest BCUT2D eigenvalue weighted by atomic mass is 9.70. The van der Waals surface area contributed by atoms with E-state index in [1.807, 2.05) is 0 Å². The van der Waals surface area contributed by atoms with Gasteiger partial charge in [-0.25, -0.2) is 0 Å². The number of ketones is 3. The summed E-state index contributed by atoms with van der Waals surface area (Å²) >= 11 is 5.77. The highest BCUT2D eigenvalue weighted by molar-refractivity contribution is 6.68. The summed E-state index contributed by atoms with van der Waals surface area (Å²) in [6.45, 7) is 0. The van der Waals surface area contributed by atoms with Gasteiger partial charge < -0.3 is 9.52 Å². The number of Topliss-reactive ketones (excluding diaryl/α,β-unsaturated/α-hetero) is 2. The molecule has 1 aromatic carbocycles. The number of aromatic hydroxyl groups is 1. The molecule has 0 saturated carbocycles. The molecule has 0 amide bonds. The third-order valence-electron chi connectivity index (χ3n) is 3.46. The molecule has 0 atom stereocenters. The lowest BCUT2D eigenvalue weighted by Gasteiger charge is -2.13. The molecular formula is C15H5B2ClO5. The van der Waals surface area contributed by atoms with Gasteiger partial charge in [0.2, 0.25) is 11.6 Å². The predicted molar refractivity (Wildman–Crippen MR) is 83.0 cm³/mol. The summed E-state index contributed by atoms with van der Waals surface area (Å²) in [5.41, 5.74) is -0.847. The zero-order valence-corrected chi connectivity index (χ0v) is 12.2. The van der Waals surface area contributed by atoms with E-state index < -0.39 is 22.8 Å². The average molecular weight is 322 g/mol. The number of phenolic OH excluding ortho intramolecular Hbond substituents is 1. The van der Waals surface area contributed by atoms with Gasteiger partial charge in [0.1, 0.15) is 33.5 Å². The summed E-state index contributed by atoms with van der Waals surface area (Å²) in [5, 5.41) is 9.36. The molecule has 1 aliphatic rings. The van der Waals surface area contributed by atoms with Crippen LogP contribution < -0.4 is 0 Å². The van der Waals surface area contributed by atoms with Crippen LogP contribution in [0.15, 0.2) is 34.4 Å². The molecule has 1 N–H and O–H groups in total. The third-order valence-corrected chi connectivity index (χ3v) is 3.76. The van der Waals surface area contributed by atoms with Crippen molar-refractivity contribution in [3.8, 4) is 5.75 Å². The van der Waals surface area contributed by atoms with Crippen molar-refractivity contribution in [3.63, 3.8) is 0 Å². The number of allylic oxidation sites excluding steroid dienone is 1. The van der Waals surface area contributed by atoms with Crippen molar-refractivity contribution in [2.45, 2.75) is 0 Å². The van der Waals surface area contributed by atoms with Gasteiger partial charge in [-0.05, 0) is 23.7 Å². The molecule has 4 radical (unpaired) electrons. The molecule has 8 heteroatoms. The van der Waals surface area contributed by atoms with E-state index in [0.29, 0.717) is 0 Å². The Kier molecular flexibility index (Phi) is 3.53. The van der Waals surface area contributed by atoms with Gasteiger partial charge in [0, 0.05) is 5.56 Å². The zero-order valence-electron chi connectivity index (χ0n) is 11.4. The normalized spacial score (nSPS) is 14.1. The van der Waals surface area contributed by atoms with Crippen molar-refractivity contribution >= 4 is 50.1 Å². The molecule has 23 heavy (non-hydrogen) atoms. The van der Waals surface area contributed by atoms with Gasteiger partial charge in [-0.1, -0.05) is 17.1 Å². The number of hydrogen-bond donors (Lipinski definition) is 1. The molecule has 1 aromatic heterocycles. The fourth-order valence-corrected chi connectivity index (χ4v) is 2.41. The Morgan fingerprint density at radius 1 is 1.13 bits per heavy atom. The number of benzene rings is 1. The first-order valence-electron chi connectivity index (χ1n) is 6.32. The van der Waals surface area contributed by atoms with Gasteiger partial charge in [-0.3, -0.25) is 14.4 Å². The quantitative estimate of drug-likeness (QED) is 0.516. The van der Waals surface area contributed by atoms with Crippen LogP contribution in [0.5, 0.6) is 5.75 Å². The summed E-state index contributed by atoms with van der Waals surface area (Å²) in [5.74, 6) is -2.86. The maximum absolute atomic E-state index is 12.5. The van der Waals surface area contributed by atoms with Crippen LogP contribution in [0.25, 0.3) is 5.47 Å². The SMILES string of the molecule is [B]C1=C([B])c2occ(C(=O)c3ccc(O)c(Cl)c3)c2C(=O)C1=O. The monoisotopic (exact) mass is 322 g/mol. The Balaban J connectivity index is 2.15. The topological polar surface area (TPSA) is 84.6 Å². The number of rotatable bonds is 2.